The number of nitrogens with zero attached hydrogens (tertiary/aromatic N) is 1. The van der Waals surface area contributed by atoms with Gasteiger partial charge in [-0.1, -0.05) is 48.5 Å². The maximum absolute atomic E-state index is 12.8. The zero-order valence-electron chi connectivity index (χ0n) is 19.8. The van der Waals surface area contributed by atoms with Gasteiger partial charge in [-0.25, -0.2) is 4.79 Å². The van der Waals surface area contributed by atoms with Crippen molar-refractivity contribution in [1.29, 1.82) is 0 Å². The van der Waals surface area contributed by atoms with Crippen LogP contribution in [0.25, 0.3) is 11.1 Å². The van der Waals surface area contributed by atoms with E-state index in [0.717, 1.165) is 22.3 Å². The smallest absolute Gasteiger partial charge is 0.407 e. The Labute approximate surface area is 204 Å². The van der Waals surface area contributed by atoms with Crippen LogP contribution in [-0.4, -0.2) is 80.6 Å². The molecule has 2 N–H and O–H groups in total. The molecule has 9 heteroatoms. The maximum atomic E-state index is 12.8. The van der Waals surface area contributed by atoms with Crippen LogP contribution in [0.2, 0.25) is 0 Å². The third kappa shape index (κ3) is 5.16. The number of aliphatic carboxylic acids is 1. The molecule has 2 aromatic carbocycles. The van der Waals surface area contributed by atoms with Crippen LogP contribution in [0.5, 0.6) is 0 Å². The van der Waals surface area contributed by atoms with Gasteiger partial charge >= 0.3 is 12.1 Å². The minimum Gasteiger partial charge on any atom is -0.481 e. The Morgan fingerprint density at radius 3 is 2.31 bits per heavy atom. The van der Waals surface area contributed by atoms with Gasteiger partial charge in [0.1, 0.15) is 18.6 Å². The molecule has 2 aromatic rings. The van der Waals surface area contributed by atoms with Crippen molar-refractivity contribution in [2.45, 2.75) is 24.5 Å². The molecule has 1 saturated heterocycles. The van der Waals surface area contributed by atoms with E-state index in [0.29, 0.717) is 0 Å². The van der Waals surface area contributed by atoms with Crippen LogP contribution in [0.15, 0.2) is 48.5 Å². The average Bonchev–Trinajstić information content (AvgIpc) is 3.48. The molecule has 1 aliphatic carbocycles. The number of hydrogen-bond donors (Lipinski definition) is 2. The Morgan fingerprint density at radius 2 is 1.71 bits per heavy atom. The quantitative estimate of drug-likeness (QED) is 0.564. The fourth-order valence-corrected chi connectivity index (χ4v) is 4.85. The van der Waals surface area contributed by atoms with Gasteiger partial charge in [0.2, 0.25) is 0 Å². The Kier molecular flexibility index (Phi) is 7.67. The lowest BCUT2D eigenvalue weighted by molar-refractivity contribution is -0.148. The first-order chi connectivity index (χ1) is 16.9. The number of amides is 2. The van der Waals surface area contributed by atoms with Crippen molar-refractivity contribution in [1.82, 2.24) is 10.2 Å². The lowest BCUT2D eigenvalue weighted by atomic mass is 9.98. The number of fused-ring (bicyclic) bond motifs is 3. The molecule has 0 aromatic heterocycles. The highest BCUT2D eigenvalue weighted by molar-refractivity contribution is 5.82. The molecule has 3 unspecified atom stereocenters. The van der Waals surface area contributed by atoms with Gasteiger partial charge in [0.15, 0.2) is 0 Å². The molecule has 0 radical (unpaired) electrons. The Hall–Kier alpha value is -3.43. The summed E-state index contributed by atoms with van der Waals surface area (Å²) in [6.45, 7) is 0.595. The van der Waals surface area contributed by atoms with Crippen LogP contribution >= 0.6 is 0 Å². The zero-order valence-corrected chi connectivity index (χ0v) is 19.8. The molecule has 1 fully saturated rings. The van der Waals surface area contributed by atoms with E-state index in [1.165, 1.54) is 12.0 Å². The summed E-state index contributed by atoms with van der Waals surface area (Å²) in [6.07, 6.45) is -1.18. The summed E-state index contributed by atoms with van der Waals surface area (Å²) in [4.78, 5) is 38.0. The van der Waals surface area contributed by atoms with Gasteiger partial charge in [0.25, 0.3) is 5.91 Å². The molecule has 35 heavy (non-hydrogen) atoms. The third-order valence-electron chi connectivity index (χ3n) is 6.79. The number of nitrogens with one attached hydrogen (secondary N) is 1. The van der Waals surface area contributed by atoms with Gasteiger partial charge in [-0.3, -0.25) is 9.59 Å². The van der Waals surface area contributed by atoms with Crippen molar-refractivity contribution in [3.8, 4) is 11.1 Å². The molecular formula is C26H30N2O7. The summed E-state index contributed by atoms with van der Waals surface area (Å²) in [5.41, 5.74) is 4.57. The number of ether oxygens (including phenoxy) is 3. The molecular weight excluding hydrogens is 452 g/mol. The second-order valence-corrected chi connectivity index (χ2v) is 8.76. The third-order valence-corrected chi connectivity index (χ3v) is 6.79. The van der Waals surface area contributed by atoms with Crippen LogP contribution in [0.3, 0.4) is 0 Å². The standard InChI is InChI=1S/C26H30N2O7/c1-28(22-15-34-13-21(22)25(30)31)24(29)23(33-2)11-12-27-26(32)35-14-20-18-9-5-3-7-16(18)17-8-4-6-10-19(17)20/h3-10,20-23H,11-15H2,1-2H3,(H,27,32)(H,30,31). The van der Waals surface area contributed by atoms with E-state index in [2.05, 4.69) is 29.6 Å². The van der Waals surface area contributed by atoms with E-state index in [9.17, 15) is 19.5 Å². The van der Waals surface area contributed by atoms with Crippen molar-refractivity contribution in [2.24, 2.45) is 5.92 Å². The molecule has 9 nitrogen and oxygen atoms in total. The zero-order chi connectivity index (χ0) is 24.9. The van der Waals surface area contributed by atoms with E-state index < -0.39 is 30.1 Å². The van der Waals surface area contributed by atoms with Crippen LogP contribution < -0.4 is 5.32 Å². The molecule has 0 bridgehead atoms. The molecule has 1 heterocycles. The molecule has 2 amide bonds. The van der Waals surface area contributed by atoms with Gasteiger partial charge in [-0.15, -0.1) is 0 Å². The number of carbonyl (C=O) groups excluding carboxylic acids is 2. The number of hydrogen-bond acceptors (Lipinski definition) is 6. The van der Waals surface area contributed by atoms with Gasteiger partial charge in [-0.05, 0) is 22.3 Å². The van der Waals surface area contributed by atoms with Crippen LogP contribution in [0.1, 0.15) is 23.5 Å². The first-order valence-electron chi connectivity index (χ1n) is 11.6. The normalized spacial score (nSPS) is 19.5. The van der Waals surface area contributed by atoms with Crippen molar-refractivity contribution in [3.05, 3.63) is 59.7 Å². The molecule has 186 valence electrons. The van der Waals surface area contributed by atoms with Crippen molar-refractivity contribution in [2.75, 3.05) is 40.5 Å². The van der Waals surface area contributed by atoms with Crippen LogP contribution in [0, 0.1) is 5.92 Å². The highest BCUT2D eigenvalue weighted by Gasteiger charge is 2.40. The molecule has 3 atom stereocenters. The van der Waals surface area contributed by atoms with E-state index in [4.69, 9.17) is 14.2 Å². The minimum atomic E-state index is -1.00. The Bertz CT molecular complexity index is 1040. The number of alkyl carbamates (subject to hydrolysis) is 1. The fourth-order valence-electron chi connectivity index (χ4n) is 4.85. The van der Waals surface area contributed by atoms with Crippen LogP contribution in [0.4, 0.5) is 4.79 Å². The summed E-state index contributed by atoms with van der Waals surface area (Å²) in [5, 5.41) is 12.0. The average molecular weight is 483 g/mol. The summed E-state index contributed by atoms with van der Waals surface area (Å²) >= 11 is 0. The second-order valence-electron chi connectivity index (χ2n) is 8.76. The van der Waals surface area contributed by atoms with Gasteiger partial charge in [0.05, 0.1) is 19.3 Å². The molecule has 1 aliphatic heterocycles. The van der Waals surface area contributed by atoms with E-state index in [-0.39, 0.29) is 44.6 Å². The van der Waals surface area contributed by atoms with E-state index >= 15 is 0 Å². The van der Waals surface area contributed by atoms with Crippen molar-refractivity contribution in [3.63, 3.8) is 0 Å². The Balaban J connectivity index is 1.27. The first-order valence-corrected chi connectivity index (χ1v) is 11.6. The summed E-state index contributed by atoms with van der Waals surface area (Å²) in [6, 6.07) is 15.6. The van der Waals surface area contributed by atoms with Gasteiger partial charge in [-0.2, -0.15) is 0 Å². The van der Waals surface area contributed by atoms with Crippen LogP contribution in [-0.2, 0) is 23.8 Å². The van der Waals surface area contributed by atoms with E-state index in [1.54, 1.807) is 7.05 Å². The molecule has 2 aliphatic rings. The minimum absolute atomic E-state index is 0.0362. The predicted octanol–water partition coefficient (Wildman–Crippen LogP) is 2.49. The number of methoxy groups -OCH3 is 1. The summed E-state index contributed by atoms with van der Waals surface area (Å²) in [5.74, 6) is -2.17. The monoisotopic (exact) mass is 482 g/mol. The predicted molar refractivity (Wildman–Crippen MR) is 127 cm³/mol. The van der Waals surface area contributed by atoms with Gasteiger partial charge in [0, 0.05) is 33.0 Å². The number of carboxylic acid groups (broad SMARTS) is 1. The SMILES string of the molecule is COC(CCNC(=O)OCC1c2ccccc2-c2ccccc21)C(=O)N(C)C1COCC1C(=O)O. The topological polar surface area (TPSA) is 114 Å². The first kappa shape index (κ1) is 24.7. The number of benzene rings is 2. The van der Waals surface area contributed by atoms with E-state index in [1.807, 2.05) is 24.3 Å². The largest absolute Gasteiger partial charge is 0.481 e. The van der Waals surface area contributed by atoms with Crippen molar-refractivity contribution >= 4 is 18.0 Å². The summed E-state index contributed by atoms with van der Waals surface area (Å²) < 4.78 is 16.1. The molecule has 0 saturated carbocycles. The second kappa shape index (κ2) is 10.9. The van der Waals surface area contributed by atoms with Gasteiger partial charge < -0.3 is 29.5 Å². The highest BCUT2D eigenvalue weighted by atomic mass is 16.5. The number of carbonyl (C=O) groups is 3. The molecule has 0 spiro atoms. The molecule has 4 rings (SSSR count). The van der Waals surface area contributed by atoms with Crippen molar-refractivity contribution < 1.29 is 33.7 Å². The highest BCUT2D eigenvalue weighted by Crippen LogP contribution is 2.44. The fraction of sp³-hybridized carbons (Fsp3) is 0.423. The number of carboxylic acids is 1. The maximum Gasteiger partial charge on any atom is 0.407 e. The summed E-state index contributed by atoms with van der Waals surface area (Å²) in [7, 11) is 2.95. The lowest BCUT2D eigenvalue weighted by Crippen LogP contribution is -2.49. The lowest BCUT2D eigenvalue weighted by Gasteiger charge is -2.29. The Morgan fingerprint density at radius 1 is 1.09 bits per heavy atom. The number of rotatable bonds is 9. The number of likely N-dealkylation sites (N-methyl/N-ethyl adjacent to an activating group) is 1.